The molecule has 3 heteroatoms. The number of rotatable bonds is 3. The van der Waals surface area contributed by atoms with E-state index in [0.717, 1.165) is 13.1 Å². The summed E-state index contributed by atoms with van der Waals surface area (Å²) in [5.74, 6) is 1.38. The van der Waals surface area contributed by atoms with Crippen LogP contribution in [0.1, 0.15) is 24.3 Å². The number of piperidine rings is 1. The molecule has 1 atom stereocenters. The molecule has 1 unspecified atom stereocenters. The van der Waals surface area contributed by atoms with Crippen molar-refractivity contribution in [3.63, 3.8) is 0 Å². The Bertz CT molecular complexity index is 359. The molecule has 17 heavy (non-hydrogen) atoms. The summed E-state index contributed by atoms with van der Waals surface area (Å²) in [4.78, 5) is 2.37. The maximum atomic E-state index is 9.55. The van der Waals surface area contributed by atoms with Gasteiger partial charge in [-0.1, -0.05) is 12.1 Å². The molecule has 1 fully saturated rings. The number of nitrogens with two attached hydrogens (primary N) is 1. The van der Waals surface area contributed by atoms with Crippen LogP contribution in [0, 0.1) is 5.92 Å². The average Bonchev–Trinajstić information content (AvgIpc) is 2.33. The molecule has 0 radical (unpaired) electrons. The molecule has 1 aliphatic heterocycles. The molecule has 1 aromatic rings. The van der Waals surface area contributed by atoms with E-state index in [0.29, 0.717) is 24.1 Å². The van der Waals surface area contributed by atoms with Crippen molar-refractivity contribution in [1.29, 1.82) is 0 Å². The third-order valence-electron chi connectivity index (χ3n) is 3.88. The summed E-state index contributed by atoms with van der Waals surface area (Å²) in [6, 6.07) is 7.55. The van der Waals surface area contributed by atoms with Crippen LogP contribution in [-0.4, -0.2) is 36.7 Å². The minimum Gasteiger partial charge on any atom is -0.508 e. The van der Waals surface area contributed by atoms with Crippen molar-refractivity contribution in [2.24, 2.45) is 11.7 Å². The Balaban J connectivity index is 2.10. The molecule has 1 heterocycles. The van der Waals surface area contributed by atoms with E-state index in [9.17, 15) is 5.11 Å². The summed E-state index contributed by atoms with van der Waals surface area (Å²) >= 11 is 0. The summed E-state index contributed by atoms with van der Waals surface area (Å²) in [5, 5.41) is 9.55. The molecular formula is C14H22N2O. The highest BCUT2D eigenvalue weighted by Gasteiger charge is 2.25. The molecule has 0 aliphatic carbocycles. The summed E-state index contributed by atoms with van der Waals surface area (Å²) < 4.78 is 0. The zero-order valence-electron chi connectivity index (χ0n) is 10.5. The van der Waals surface area contributed by atoms with Crippen LogP contribution in [0.25, 0.3) is 0 Å². The van der Waals surface area contributed by atoms with Gasteiger partial charge in [-0.15, -0.1) is 0 Å². The second kappa shape index (κ2) is 5.52. The van der Waals surface area contributed by atoms with E-state index >= 15 is 0 Å². The Morgan fingerprint density at radius 3 is 2.71 bits per heavy atom. The van der Waals surface area contributed by atoms with Gasteiger partial charge in [-0.2, -0.15) is 0 Å². The number of hydrogen-bond donors (Lipinski definition) is 2. The number of aromatic hydroxyl groups is 1. The Morgan fingerprint density at radius 1 is 1.41 bits per heavy atom. The molecule has 0 spiro atoms. The van der Waals surface area contributed by atoms with Crippen molar-refractivity contribution < 1.29 is 5.11 Å². The summed E-state index contributed by atoms with van der Waals surface area (Å²) in [7, 11) is 2.17. The van der Waals surface area contributed by atoms with E-state index in [1.54, 1.807) is 6.07 Å². The largest absolute Gasteiger partial charge is 0.508 e. The molecular weight excluding hydrogens is 212 g/mol. The molecule has 3 nitrogen and oxygen atoms in total. The predicted octanol–water partition coefficient (Wildman–Crippen LogP) is 1.78. The second-order valence-electron chi connectivity index (χ2n) is 5.08. The fourth-order valence-corrected chi connectivity index (χ4v) is 2.79. The van der Waals surface area contributed by atoms with E-state index in [4.69, 9.17) is 5.73 Å². The van der Waals surface area contributed by atoms with Gasteiger partial charge in [-0.05, 0) is 69.1 Å². The van der Waals surface area contributed by atoms with Gasteiger partial charge in [0.25, 0.3) is 0 Å². The number of hydrogen-bond acceptors (Lipinski definition) is 3. The molecule has 0 aromatic heterocycles. The Labute approximate surface area is 103 Å². The standard InChI is InChI=1S/C14H22N2O/c1-16-7-5-11(6-8-16)14(10-15)12-3-2-4-13(17)9-12/h2-4,9,11,14,17H,5-8,10,15H2,1H3. The Morgan fingerprint density at radius 2 is 2.12 bits per heavy atom. The molecule has 1 aromatic carbocycles. The normalized spacial score (nSPS) is 20.4. The lowest BCUT2D eigenvalue weighted by atomic mass is 9.80. The summed E-state index contributed by atoms with van der Waals surface area (Å²) in [6.45, 7) is 2.97. The van der Waals surface area contributed by atoms with Crippen LogP contribution < -0.4 is 5.73 Å². The van der Waals surface area contributed by atoms with Gasteiger partial charge in [0.2, 0.25) is 0 Å². The Kier molecular flexibility index (Phi) is 4.02. The van der Waals surface area contributed by atoms with Gasteiger partial charge >= 0.3 is 0 Å². The van der Waals surface area contributed by atoms with Gasteiger partial charge in [0.1, 0.15) is 5.75 Å². The topological polar surface area (TPSA) is 49.5 Å². The van der Waals surface area contributed by atoms with Gasteiger partial charge in [0.15, 0.2) is 0 Å². The van der Waals surface area contributed by atoms with Crippen LogP contribution in [0.5, 0.6) is 5.75 Å². The second-order valence-corrected chi connectivity index (χ2v) is 5.08. The van der Waals surface area contributed by atoms with Crippen molar-refractivity contribution in [2.75, 3.05) is 26.7 Å². The highest BCUT2D eigenvalue weighted by Crippen LogP contribution is 2.32. The van der Waals surface area contributed by atoms with E-state index in [1.165, 1.54) is 18.4 Å². The quantitative estimate of drug-likeness (QED) is 0.838. The minimum absolute atomic E-state index is 0.342. The highest BCUT2D eigenvalue weighted by atomic mass is 16.3. The van der Waals surface area contributed by atoms with Gasteiger partial charge in [-0.25, -0.2) is 0 Å². The number of phenolic OH excluding ortho intramolecular Hbond substituents is 1. The van der Waals surface area contributed by atoms with E-state index < -0.39 is 0 Å². The van der Waals surface area contributed by atoms with Crippen molar-refractivity contribution in [2.45, 2.75) is 18.8 Å². The number of nitrogens with zero attached hydrogens (tertiary/aromatic N) is 1. The maximum absolute atomic E-state index is 9.55. The zero-order chi connectivity index (χ0) is 12.3. The van der Waals surface area contributed by atoms with E-state index in [1.807, 2.05) is 12.1 Å². The third kappa shape index (κ3) is 2.99. The fraction of sp³-hybridized carbons (Fsp3) is 0.571. The summed E-state index contributed by atoms with van der Waals surface area (Å²) in [6.07, 6.45) is 2.40. The smallest absolute Gasteiger partial charge is 0.115 e. The lowest BCUT2D eigenvalue weighted by Gasteiger charge is -2.34. The van der Waals surface area contributed by atoms with Gasteiger partial charge in [0.05, 0.1) is 0 Å². The first-order valence-corrected chi connectivity index (χ1v) is 6.38. The van der Waals surface area contributed by atoms with Crippen LogP contribution >= 0.6 is 0 Å². The first-order chi connectivity index (χ1) is 8.20. The number of benzene rings is 1. The molecule has 2 rings (SSSR count). The molecule has 3 N–H and O–H groups in total. The molecule has 1 saturated heterocycles. The zero-order valence-corrected chi connectivity index (χ0v) is 10.5. The minimum atomic E-state index is 0.342. The average molecular weight is 234 g/mol. The third-order valence-corrected chi connectivity index (χ3v) is 3.88. The van der Waals surface area contributed by atoms with Crippen LogP contribution in [0.15, 0.2) is 24.3 Å². The van der Waals surface area contributed by atoms with Gasteiger partial charge in [-0.3, -0.25) is 0 Å². The first kappa shape index (κ1) is 12.4. The summed E-state index contributed by atoms with van der Waals surface area (Å²) in [5.41, 5.74) is 7.11. The molecule has 94 valence electrons. The monoisotopic (exact) mass is 234 g/mol. The molecule has 0 amide bonds. The van der Waals surface area contributed by atoms with Crippen LogP contribution in [0.4, 0.5) is 0 Å². The first-order valence-electron chi connectivity index (χ1n) is 6.38. The van der Waals surface area contributed by atoms with Crippen molar-refractivity contribution in [3.05, 3.63) is 29.8 Å². The maximum Gasteiger partial charge on any atom is 0.115 e. The van der Waals surface area contributed by atoms with Crippen molar-refractivity contribution in [3.8, 4) is 5.75 Å². The van der Waals surface area contributed by atoms with Crippen LogP contribution in [-0.2, 0) is 0 Å². The number of likely N-dealkylation sites (tertiary alicyclic amines) is 1. The van der Waals surface area contributed by atoms with Gasteiger partial charge < -0.3 is 15.7 Å². The predicted molar refractivity (Wildman–Crippen MR) is 70.1 cm³/mol. The molecule has 0 saturated carbocycles. The van der Waals surface area contributed by atoms with Crippen molar-refractivity contribution >= 4 is 0 Å². The van der Waals surface area contributed by atoms with Crippen molar-refractivity contribution in [1.82, 2.24) is 4.90 Å². The number of phenols is 1. The SMILES string of the molecule is CN1CCC(C(CN)c2cccc(O)c2)CC1. The van der Waals surface area contributed by atoms with Crippen LogP contribution in [0.2, 0.25) is 0 Å². The molecule has 0 bridgehead atoms. The fourth-order valence-electron chi connectivity index (χ4n) is 2.79. The van der Waals surface area contributed by atoms with E-state index in [2.05, 4.69) is 18.0 Å². The van der Waals surface area contributed by atoms with Crippen LogP contribution in [0.3, 0.4) is 0 Å². The lowest BCUT2D eigenvalue weighted by Crippen LogP contribution is -2.34. The lowest BCUT2D eigenvalue weighted by molar-refractivity contribution is 0.199. The van der Waals surface area contributed by atoms with E-state index in [-0.39, 0.29) is 0 Å². The molecule has 1 aliphatic rings. The van der Waals surface area contributed by atoms with Gasteiger partial charge in [0, 0.05) is 0 Å². The Hall–Kier alpha value is -1.06. The highest BCUT2D eigenvalue weighted by molar-refractivity contribution is 5.30.